The third-order valence-electron chi connectivity index (χ3n) is 17.8. The van der Waals surface area contributed by atoms with Crippen molar-refractivity contribution in [3.05, 3.63) is 36.5 Å². The zero-order chi connectivity index (χ0) is 62.6. The molecule has 510 valence electrons. The van der Waals surface area contributed by atoms with Crippen molar-refractivity contribution in [2.75, 3.05) is 40.9 Å². The minimum Gasteiger partial charge on any atom is -0.756 e. The summed E-state index contributed by atoms with van der Waals surface area (Å²) in [6.07, 6.45) is 91.7. The Balaban J connectivity index is 3.91. The first-order chi connectivity index (χ1) is 42.0. The third kappa shape index (κ3) is 70.2. The van der Waals surface area contributed by atoms with E-state index in [-0.39, 0.29) is 19.1 Å². The molecule has 9 heteroatoms. The number of carbonyl (C=O) groups is 1. The van der Waals surface area contributed by atoms with Crippen molar-refractivity contribution in [1.29, 1.82) is 0 Å². The number of hydrogen-bond donors (Lipinski definition) is 2. The van der Waals surface area contributed by atoms with Gasteiger partial charge in [0.05, 0.1) is 39.9 Å². The van der Waals surface area contributed by atoms with E-state index >= 15 is 0 Å². The molecule has 86 heavy (non-hydrogen) atoms. The molecule has 3 unspecified atom stereocenters. The molecule has 0 aliphatic carbocycles. The van der Waals surface area contributed by atoms with Crippen molar-refractivity contribution in [3.8, 4) is 0 Å². The number of aliphatic hydroxyl groups is 1. The molecule has 0 bridgehead atoms. The molecule has 0 radical (unpaired) electrons. The molecule has 2 N–H and O–H groups in total. The lowest BCUT2D eigenvalue weighted by Gasteiger charge is -2.29. The van der Waals surface area contributed by atoms with Crippen LogP contribution in [0.15, 0.2) is 36.5 Å². The molecule has 0 heterocycles. The van der Waals surface area contributed by atoms with E-state index in [1.54, 1.807) is 6.08 Å². The molecule has 0 spiro atoms. The summed E-state index contributed by atoms with van der Waals surface area (Å²) in [4.78, 5) is 25.6. The van der Waals surface area contributed by atoms with Crippen LogP contribution in [0.2, 0.25) is 0 Å². The number of nitrogens with zero attached hydrogens (tertiary/aromatic N) is 1. The average Bonchev–Trinajstić information content (AvgIpc) is 3.70. The van der Waals surface area contributed by atoms with Crippen LogP contribution in [-0.4, -0.2) is 68.5 Å². The fourth-order valence-corrected chi connectivity index (χ4v) is 12.6. The van der Waals surface area contributed by atoms with Gasteiger partial charge >= 0.3 is 0 Å². The van der Waals surface area contributed by atoms with Crippen molar-refractivity contribution >= 4 is 13.7 Å². The van der Waals surface area contributed by atoms with Crippen LogP contribution in [0.1, 0.15) is 399 Å². The minimum absolute atomic E-state index is 0.00399. The maximum Gasteiger partial charge on any atom is 0.268 e. The van der Waals surface area contributed by atoms with Crippen LogP contribution >= 0.6 is 7.82 Å². The maximum absolute atomic E-state index is 13.0. The molecular formula is C77H151N2O6P. The number of rotatable bonds is 72. The van der Waals surface area contributed by atoms with Gasteiger partial charge in [-0.05, 0) is 57.8 Å². The Labute approximate surface area is 537 Å². The standard InChI is InChI=1S/C77H151N2O6P/c1-6-8-10-12-14-16-18-20-22-24-26-28-30-31-32-33-34-35-36-37-38-39-40-41-42-43-44-45-46-47-49-51-53-55-57-59-61-63-65-67-69-71-77(81)78-75(74-85-86(82,83)84-73-72-79(3,4)5)76(80)70-68-66-64-62-60-58-56-54-52-50-48-29-27-25-23-21-19-17-15-13-11-9-7-2/h24,26,60,62,68,70,75-76,80H,6-23,25,27-59,61,63-67,69,71-74H2,1-5H3,(H-,78,81,82,83)/b26-24-,62-60+,70-68+. The van der Waals surface area contributed by atoms with Crippen LogP contribution in [-0.2, 0) is 18.4 Å². The topological polar surface area (TPSA) is 108 Å². The Morgan fingerprint density at radius 1 is 0.395 bits per heavy atom. The number of phosphoric acid groups is 1. The Hall–Kier alpha value is -1.28. The zero-order valence-electron chi connectivity index (χ0n) is 58.5. The van der Waals surface area contributed by atoms with E-state index in [4.69, 9.17) is 9.05 Å². The van der Waals surface area contributed by atoms with Gasteiger partial charge in [0.15, 0.2) is 0 Å². The second kappa shape index (κ2) is 68.1. The highest BCUT2D eigenvalue weighted by Gasteiger charge is 2.23. The molecule has 0 saturated carbocycles. The first kappa shape index (κ1) is 84.7. The second-order valence-electron chi connectivity index (χ2n) is 27.7. The summed E-state index contributed by atoms with van der Waals surface area (Å²) in [5.41, 5.74) is 0. The number of nitrogens with one attached hydrogen (secondary N) is 1. The molecular weight excluding hydrogens is 1080 g/mol. The smallest absolute Gasteiger partial charge is 0.268 e. The molecule has 0 aromatic heterocycles. The number of aliphatic hydroxyl groups excluding tert-OH is 1. The van der Waals surface area contributed by atoms with Gasteiger partial charge < -0.3 is 28.8 Å². The normalized spacial score (nSPS) is 13.7. The molecule has 0 fully saturated rings. The van der Waals surface area contributed by atoms with Gasteiger partial charge in [-0.2, -0.15) is 0 Å². The van der Waals surface area contributed by atoms with Crippen LogP contribution in [0, 0.1) is 0 Å². The number of likely N-dealkylation sites (N-methyl/N-ethyl adjacent to an activating group) is 1. The van der Waals surface area contributed by atoms with Gasteiger partial charge in [0.2, 0.25) is 5.91 Å². The predicted octanol–water partition coefficient (Wildman–Crippen LogP) is 24.2. The van der Waals surface area contributed by atoms with E-state index < -0.39 is 20.0 Å². The van der Waals surface area contributed by atoms with Crippen LogP contribution in [0.4, 0.5) is 0 Å². The summed E-state index contributed by atoms with van der Waals surface area (Å²) >= 11 is 0. The number of allylic oxidation sites excluding steroid dienone is 5. The van der Waals surface area contributed by atoms with Crippen molar-refractivity contribution in [3.63, 3.8) is 0 Å². The average molecular weight is 1230 g/mol. The summed E-state index contributed by atoms with van der Waals surface area (Å²) in [6, 6.07) is -0.903. The molecule has 8 nitrogen and oxygen atoms in total. The highest BCUT2D eigenvalue weighted by Crippen LogP contribution is 2.38. The van der Waals surface area contributed by atoms with Gasteiger partial charge in [-0.3, -0.25) is 9.36 Å². The maximum atomic E-state index is 13.0. The van der Waals surface area contributed by atoms with Crippen LogP contribution in [0.5, 0.6) is 0 Å². The van der Waals surface area contributed by atoms with Gasteiger partial charge in [0.1, 0.15) is 13.2 Å². The van der Waals surface area contributed by atoms with Gasteiger partial charge in [-0.15, -0.1) is 0 Å². The van der Waals surface area contributed by atoms with Crippen LogP contribution in [0.3, 0.4) is 0 Å². The molecule has 0 aromatic rings. The number of amides is 1. The quantitative estimate of drug-likeness (QED) is 0.0272. The zero-order valence-corrected chi connectivity index (χ0v) is 59.4. The molecule has 0 rings (SSSR count). The van der Waals surface area contributed by atoms with E-state index in [9.17, 15) is 19.4 Å². The summed E-state index contributed by atoms with van der Waals surface area (Å²) < 4.78 is 23.5. The van der Waals surface area contributed by atoms with Crippen LogP contribution in [0.25, 0.3) is 0 Å². The predicted molar refractivity (Wildman–Crippen MR) is 376 cm³/mol. The number of unbranched alkanes of at least 4 members (excludes halogenated alkanes) is 55. The highest BCUT2D eigenvalue weighted by molar-refractivity contribution is 7.45. The highest BCUT2D eigenvalue weighted by atomic mass is 31.2. The van der Waals surface area contributed by atoms with E-state index in [0.717, 1.165) is 38.5 Å². The summed E-state index contributed by atoms with van der Waals surface area (Å²) in [5.74, 6) is -0.198. The Kier molecular flexibility index (Phi) is 67.1. The number of carbonyl (C=O) groups excluding carboxylic acids is 1. The minimum atomic E-state index is -4.61. The van der Waals surface area contributed by atoms with Gasteiger partial charge in [-0.1, -0.05) is 371 Å². The molecule has 0 saturated heterocycles. The van der Waals surface area contributed by atoms with Crippen molar-refractivity contribution in [2.24, 2.45) is 0 Å². The summed E-state index contributed by atoms with van der Waals surface area (Å²) in [5, 5.41) is 14.0. The van der Waals surface area contributed by atoms with Crippen molar-refractivity contribution in [2.45, 2.75) is 411 Å². The van der Waals surface area contributed by atoms with Gasteiger partial charge in [0, 0.05) is 6.42 Å². The molecule has 0 aromatic carbocycles. The van der Waals surface area contributed by atoms with Gasteiger partial charge in [0.25, 0.3) is 7.82 Å². The van der Waals surface area contributed by atoms with Crippen LogP contribution < -0.4 is 10.2 Å². The fourth-order valence-electron chi connectivity index (χ4n) is 11.9. The second-order valence-corrected chi connectivity index (χ2v) is 29.1. The first-order valence-electron chi connectivity index (χ1n) is 38.4. The fraction of sp³-hybridized carbons (Fsp3) is 0.909. The molecule has 1 amide bonds. The lowest BCUT2D eigenvalue weighted by atomic mass is 10.0. The number of phosphoric ester groups is 1. The monoisotopic (exact) mass is 1230 g/mol. The number of quaternary nitrogens is 1. The Morgan fingerprint density at radius 3 is 0.942 bits per heavy atom. The Bertz CT molecular complexity index is 1500. The van der Waals surface area contributed by atoms with E-state index in [1.165, 1.54) is 340 Å². The van der Waals surface area contributed by atoms with E-state index in [0.29, 0.717) is 17.4 Å². The largest absolute Gasteiger partial charge is 0.756 e. The SMILES string of the molecule is CCCCCCCCCC/C=C\CCCCCCCCCCCCCCCCCCCCCCCCCCCCCCCC(=O)NC(COP(=O)([O-])OCC[N+](C)(C)C)C(O)/C=C/CC/C=C/CCCCCCCCCCCCCCCCCCC. The molecule has 3 atom stereocenters. The Morgan fingerprint density at radius 2 is 0.651 bits per heavy atom. The molecule has 0 aliphatic rings. The third-order valence-corrected chi connectivity index (χ3v) is 18.8. The van der Waals surface area contributed by atoms with E-state index in [2.05, 4.69) is 43.5 Å². The lowest BCUT2D eigenvalue weighted by molar-refractivity contribution is -0.870. The van der Waals surface area contributed by atoms with Crippen molar-refractivity contribution in [1.82, 2.24) is 5.32 Å². The lowest BCUT2D eigenvalue weighted by Crippen LogP contribution is -2.45. The van der Waals surface area contributed by atoms with Crippen molar-refractivity contribution < 1.29 is 32.9 Å². The summed E-state index contributed by atoms with van der Waals surface area (Å²) in [6.45, 7) is 4.69. The summed E-state index contributed by atoms with van der Waals surface area (Å²) in [7, 11) is 1.26. The van der Waals surface area contributed by atoms with E-state index in [1.807, 2.05) is 27.2 Å². The first-order valence-corrected chi connectivity index (χ1v) is 39.8. The van der Waals surface area contributed by atoms with Gasteiger partial charge in [-0.25, -0.2) is 0 Å². The molecule has 0 aliphatic heterocycles. The number of hydrogen-bond acceptors (Lipinski definition) is 6.